The molecule has 2 heteroatoms. The molecular weight excluding hydrogens is 374 g/mol. The van der Waals surface area contributed by atoms with Gasteiger partial charge in [0.25, 0.3) is 0 Å². The first kappa shape index (κ1) is 15.9. The summed E-state index contributed by atoms with van der Waals surface area (Å²) in [5, 5.41) is 0. The molecule has 0 unspecified atom stereocenters. The fraction of sp³-hybridized carbons (Fsp3) is 0.333. The van der Waals surface area contributed by atoms with Crippen molar-refractivity contribution >= 4 is 38.8 Å². The van der Waals surface area contributed by atoms with Crippen LogP contribution in [0.5, 0.6) is 0 Å². The first-order valence-corrected chi connectivity index (χ1v) is 10.6. The van der Waals surface area contributed by atoms with Crippen LogP contribution in [0.15, 0.2) is 60.7 Å². The van der Waals surface area contributed by atoms with Gasteiger partial charge >= 0.3 is 136 Å². The summed E-state index contributed by atoms with van der Waals surface area (Å²) in [4.78, 5) is 0. The minimum absolute atomic E-state index is 0.485. The van der Waals surface area contributed by atoms with Crippen LogP contribution >= 0.6 is 0 Å². The number of rotatable bonds is 7. The van der Waals surface area contributed by atoms with E-state index in [4.69, 9.17) is 0 Å². The second-order valence-electron chi connectivity index (χ2n) is 5.07. The fourth-order valence-corrected chi connectivity index (χ4v) is 9.09. The van der Waals surface area contributed by atoms with Gasteiger partial charge in [0.1, 0.15) is 0 Å². The van der Waals surface area contributed by atoms with Crippen molar-refractivity contribution < 1.29 is 0 Å². The third kappa shape index (κ3) is 5.11. The summed E-state index contributed by atoms with van der Waals surface area (Å²) in [6.45, 7) is 4.80. The van der Waals surface area contributed by atoms with Gasteiger partial charge in [-0.1, -0.05) is 0 Å². The van der Waals surface area contributed by atoms with E-state index in [9.17, 15) is 0 Å². The van der Waals surface area contributed by atoms with Crippen LogP contribution in [0.25, 0.3) is 0 Å². The maximum atomic E-state index is 2.50. The Kier molecular flexibility index (Phi) is 6.39. The molecule has 0 nitrogen and oxygen atoms in total. The summed E-state index contributed by atoms with van der Waals surface area (Å²) in [5.74, 6) is 0. The molecule has 0 bridgehead atoms. The predicted octanol–water partition coefficient (Wildman–Crippen LogP) is 3.37. The molecule has 0 atom stereocenters. The Morgan fingerprint density at radius 1 is 0.800 bits per heavy atom. The molecule has 20 heavy (non-hydrogen) atoms. The van der Waals surface area contributed by atoms with Crippen molar-refractivity contribution in [3.8, 4) is 0 Å². The van der Waals surface area contributed by atoms with Crippen molar-refractivity contribution in [1.82, 2.24) is 0 Å². The van der Waals surface area contributed by atoms with Gasteiger partial charge < -0.3 is 0 Å². The Bertz CT molecular complexity index is 452. The summed E-state index contributed by atoms with van der Waals surface area (Å²) >= 11 is 1.11. The predicted molar refractivity (Wildman–Crippen MR) is 91.6 cm³/mol. The molecule has 0 aliphatic rings. The van der Waals surface area contributed by atoms with Crippen molar-refractivity contribution in [3.63, 3.8) is 0 Å². The van der Waals surface area contributed by atoms with Gasteiger partial charge in [-0.05, 0) is 0 Å². The molecule has 2 aromatic carbocycles. The molecule has 2 rings (SSSR count). The van der Waals surface area contributed by atoms with E-state index in [2.05, 4.69) is 74.5 Å². The Balaban J connectivity index is 2.12. The average Bonchev–Trinajstić information content (AvgIpc) is 2.47. The minimum atomic E-state index is 0.485. The van der Waals surface area contributed by atoms with Gasteiger partial charge in [-0.2, -0.15) is 0 Å². The molecule has 0 aliphatic heterocycles. The van der Waals surface area contributed by atoms with Crippen molar-refractivity contribution in [1.29, 1.82) is 0 Å². The van der Waals surface area contributed by atoms with E-state index in [0.717, 1.165) is 0 Å². The van der Waals surface area contributed by atoms with Gasteiger partial charge in [-0.3, -0.25) is 0 Å². The van der Waals surface area contributed by atoms with Gasteiger partial charge in [-0.15, -0.1) is 0 Å². The molecule has 0 saturated carbocycles. The van der Waals surface area contributed by atoms with Gasteiger partial charge in [0.15, 0.2) is 0 Å². The number of hydrogen-bond acceptors (Lipinski definition) is 0. The van der Waals surface area contributed by atoms with E-state index in [1.165, 1.54) is 28.2 Å². The maximum absolute atomic E-state index is 2.50. The fourth-order valence-electron chi connectivity index (χ4n) is 2.10. The summed E-state index contributed by atoms with van der Waals surface area (Å²) in [6.07, 6.45) is 4.00. The zero-order valence-corrected chi connectivity index (χ0v) is 15.6. The average molecular weight is 396 g/mol. The summed E-state index contributed by atoms with van der Waals surface area (Å²) in [6, 6.07) is 22.1. The zero-order chi connectivity index (χ0) is 14.3. The molecule has 0 fully saturated rings. The van der Waals surface area contributed by atoms with Crippen LogP contribution in [0.3, 0.4) is 0 Å². The molecule has 0 radical (unpaired) electrons. The number of hydrogen-bond donors (Lipinski definition) is 0. The first-order chi connectivity index (χ1) is 9.72. The van der Waals surface area contributed by atoms with Crippen molar-refractivity contribution in [2.45, 2.75) is 36.3 Å². The van der Waals surface area contributed by atoms with Gasteiger partial charge in [0, 0.05) is 0 Å². The second kappa shape index (κ2) is 8.05. The molecule has 106 valence electrons. The van der Waals surface area contributed by atoms with Crippen LogP contribution in [0, 0.1) is 0 Å². The van der Waals surface area contributed by atoms with Crippen molar-refractivity contribution in [3.05, 3.63) is 60.7 Å². The molecular formula is C18H22Se2. The Labute approximate surface area is 135 Å². The van der Waals surface area contributed by atoms with Crippen LogP contribution in [-0.2, 0) is 0 Å². The molecule has 0 aliphatic carbocycles. The van der Waals surface area contributed by atoms with E-state index in [0.29, 0.717) is 33.1 Å². The van der Waals surface area contributed by atoms with Gasteiger partial charge in [-0.25, -0.2) is 0 Å². The molecule has 0 N–H and O–H groups in total. The Morgan fingerprint density at radius 2 is 1.25 bits per heavy atom. The van der Waals surface area contributed by atoms with E-state index in [1.54, 1.807) is 0 Å². The second-order valence-corrected chi connectivity index (χ2v) is 13.0. The molecule has 0 saturated heterocycles. The molecule has 0 aromatic heterocycles. The summed E-state index contributed by atoms with van der Waals surface area (Å²) in [7, 11) is 0. The van der Waals surface area contributed by atoms with Crippen LogP contribution in [0.2, 0.25) is 3.21 Å². The standard InChI is InChI=1S/C18H22Se2/c1-3-4-15-18(2,19-16-11-7-5-8-12-16)20-17-13-9-6-10-14-17/h5-14H,3-4,15H2,1-2H3. The summed E-state index contributed by atoms with van der Waals surface area (Å²) in [5.41, 5.74) is 0. The van der Waals surface area contributed by atoms with Gasteiger partial charge in [0.05, 0.1) is 0 Å². The molecule has 0 heterocycles. The van der Waals surface area contributed by atoms with Crippen LogP contribution in [0.4, 0.5) is 0 Å². The quantitative estimate of drug-likeness (QED) is 0.630. The molecule has 0 spiro atoms. The molecule has 2 aromatic rings. The van der Waals surface area contributed by atoms with Gasteiger partial charge in [0.2, 0.25) is 0 Å². The van der Waals surface area contributed by atoms with Crippen LogP contribution in [0.1, 0.15) is 33.1 Å². The monoisotopic (exact) mass is 398 g/mol. The van der Waals surface area contributed by atoms with E-state index in [1.807, 2.05) is 0 Å². The molecule has 0 amide bonds. The Hall–Kier alpha value is -0.521. The topological polar surface area (TPSA) is 0 Å². The van der Waals surface area contributed by atoms with Crippen molar-refractivity contribution in [2.75, 3.05) is 0 Å². The number of benzene rings is 2. The van der Waals surface area contributed by atoms with E-state index in [-0.39, 0.29) is 0 Å². The first-order valence-electron chi connectivity index (χ1n) is 7.20. The zero-order valence-electron chi connectivity index (χ0n) is 12.2. The van der Waals surface area contributed by atoms with Crippen LogP contribution in [-0.4, -0.2) is 29.9 Å². The third-order valence-electron chi connectivity index (χ3n) is 3.14. The summed E-state index contributed by atoms with van der Waals surface area (Å²) < 4.78 is 3.56. The normalized spacial score (nSPS) is 11.5. The van der Waals surface area contributed by atoms with E-state index >= 15 is 0 Å². The SMILES string of the molecule is CCCCC(C)([Se]c1ccccc1)[Se]c1ccccc1. The van der Waals surface area contributed by atoms with Crippen LogP contribution < -0.4 is 8.92 Å². The van der Waals surface area contributed by atoms with E-state index < -0.39 is 0 Å². The Morgan fingerprint density at radius 3 is 1.65 bits per heavy atom. The third-order valence-corrected chi connectivity index (χ3v) is 9.75. The van der Waals surface area contributed by atoms with Crippen molar-refractivity contribution in [2.24, 2.45) is 0 Å². The number of unbranched alkanes of at least 4 members (excludes halogenated alkanes) is 1.